The van der Waals surface area contributed by atoms with Crippen molar-refractivity contribution in [3.63, 3.8) is 0 Å². The Morgan fingerprint density at radius 1 is 0.775 bits per heavy atom. The van der Waals surface area contributed by atoms with Crippen LogP contribution in [0.1, 0.15) is 56.9 Å². The monoisotopic (exact) mass is 565 g/mol. The lowest BCUT2D eigenvalue weighted by Gasteiger charge is -2.17. The topological polar surface area (TPSA) is 221 Å². The summed E-state index contributed by atoms with van der Waals surface area (Å²) in [6.07, 6.45) is 5.10. The third-order valence-electron chi connectivity index (χ3n) is 6.00. The second-order valence-corrected chi connectivity index (χ2v) is 9.58. The molecule has 11 N–H and O–H groups in total. The SMILES string of the molecule is NCCCNCCCCNCCC(=O)NCCCCCNC(=O)C(CC(N)=O)NC(=O)Cc1ccc(O)cc1O. The van der Waals surface area contributed by atoms with E-state index in [0.717, 1.165) is 57.8 Å². The zero-order chi connectivity index (χ0) is 29.6. The van der Waals surface area contributed by atoms with Crippen LogP contribution in [0.15, 0.2) is 18.2 Å². The molecule has 13 nitrogen and oxygen atoms in total. The van der Waals surface area contributed by atoms with Crippen LogP contribution in [0.4, 0.5) is 0 Å². The Bertz CT molecular complexity index is 915. The van der Waals surface area contributed by atoms with Crippen LogP contribution in [-0.4, -0.2) is 85.7 Å². The van der Waals surface area contributed by atoms with Crippen molar-refractivity contribution in [1.82, 2.24) is 26.6 Å². The smallest absolute Gasteiger partial charge is 0.243 e. The maximum Gasteiger partial charge on any atom is 0.243 e. The Balaban J connectivity index is 2.15. The number of unbranched alkanes of at least 4 members (excludes halogenated alkanes) is 3. The van der Waals surface area contributed by atoms with Gasteiger partial charge in [0.2, 0.25) is 23.6 Å². The fourth-order valence-electron chi connectivity index (χ4n) is 3.79. The summed E-state index contributed by atoms with van der Waals surface area (Å²) >= 11 is 0. The van der Waals surface area contributed by atoms with E-state index in [1.165, 1.54) is 12.1 Å². The third kappa shape index (κ3) is 17.2. The van der Waals surface area contributed by atoms with Gasteiger partial charge in [0.15, 0.2) is 0 Å². The van der Waals surface area contributed by atoms with Crippen molar-refractivity contribution in [2.24, 2.45) is 11.5 Å². The van der Waals surface area contributed by atoms with E-state index in [0.29, 0.717) is 39.0 Å². The number of phenols is 2. The molecular formula is C27H47N7O6. The average molecular weight is 566 g/mol. The van der Waals surface area contributed by atoms with E-state index in [4.69, 9.17) is 11.5 Å². The molecule has 226 valence electrons. The molecular weight excluding hydrogens is 518 g/mol. The van der Waals surface area contributed by atoms with Crippen molar-refractivity contribution in [2.75, 3.05) is 45.8 Å². The lowest BCUT2D eigenvalue weighted by atomic mass is 10.1. The molecule has 0 spiro atoms. The number of aromatic hydroxyl groups is 2. The van der Waals surface area contributed by atoms with Crippen molar-refractivity contribution in [1.29, 1.82) is 0 Å². The number of amides is 4. The predicted octanol–water partition coefficient (Wildman–Crippen LogP) is -0.898. The minimum atomic E-state index is -1.14. The number of nitrogens with one attached hydrogen (secondary N) is 5. The normalized spacial score (nSPS) is 11.5. The molecule has 1 atom stereocenters. The highest BCUT2D eigenvalue weighted by Crippen LogP contribution is 2.22. The Morgan fingerprint density at radius 2 is 1.40 bits per heavy atom. The van der Waals surface area contributed by atoms with Crippen LogP contribution < -0.4 is 38.1 Å². The molecule has 0 fully saturated rings. The minimum absolute atomic E-state index is 0.00471. The molecule has 1 rings (SSSR count). The predicted molar refractivity (Wildman–Crippen MR) is 152 cm³/mol. The highest BCUT2D eigenvalue weighted by Gasteiger charge is 2.23. The Labute approximate surface area is 236 Å². The third-order valence-corrected chi connectivity index (χ3v) is 6.00. The van der Waals surface area contributed by atoms with Gasteiger partial charge in [-0.25, -0.2) is 0 Å². The second-order valence-electron chi connectivity index (χ2n) is 9.58. The lowest BCUT2D eigenvalue weighted by molar-refractivity contribution is -0.131. The van der Waals surface area contributed by atoms with Gasteiger partial charge in [-0.05, 0) is 70.8 Å². The molecule has 0 saturated carbocycles. The number of hydrogen-bond donors (Lipinski definition) is 9. The first-order valence-corrected chi connectivity index (χ1v) is 14.0. The summed E-state index contributed by atoms with van der Waals surface area (Å²) in [7, 11) is 0. The van der Waals surface area contributed by atoms with Crippen LogP contribution in [0.3, 0.4) is 0 Å². The molecule has 4 amide bonds. The van der Waals surface area contributed by atoms with Gasteiger partial charge in [0.1, 0.15) is 17.5 Å². The van der Waals surface area contributed by atoms with Gasteiger partial charge in [-0.1, -0.05) is 6.07 Å². The van der Waals surface area contributed by atoms with Gasteiger partial charge in [0, 0.05) is 37.7 Å². The Morgan fingerprint density at radius 3 is 2.05 bits per heavy atom. The van der Waals surface area contributed by atoms with Crippen LogP contribution in [0.5, 0.6) is 11.5 Å². The van der Waals surface area contributed by atoms with Crippen molar-refractivity contribution in [3.8, 4) is 11.5 Å². The maximum atomic E-state index is 12.5. The quantitative estimate of drug-likeness (QED) is 0.0749. The summed E-state index contributed by atoms with van der Waals surface area (Å²) in [6, 6.07) is 2.68. The summed E-state index contributed by atoms with van der Waals surface area (Å²) in [5, 5.41) is 33.8. The Hall–Kier alpha value is -3.42. The van der Waals surface area contributed by atoms with E-state index >= 15 is 0 Å². The van der Waals surface area contributed by atoms with Crippen molar-refractivity contribution in [3.05, 3.63) is 23.8 Å². The van der Waals surface area contributed by atoms with Gasteiger partial charge >= 0.3 is 0 Å². The number of benzene rings is 1. The summed E-state index contributed by atoms with van der Waals surface area (Å²) in [4.78, 5) is 48.2. The lowest BCUT2D eigenvalue weighted by Crippen LogP contribution is -2.49. The molecule has 0 bridgehead atoms. The molecule has 0 aliphatic rings. The van der Waals surface area contributed by atoms with E-state index in [2.05, 4.69) is 26.6 Å². The second kappa shape index (κ2) is 21.4. The van der Waals surface area contributed by atoms with Crippen molar-refractivity contribution in [2.45, 2.75) is 63.8 Å². The molecule has 1 unspecified atom stereocenters. The molecule has 0 saturated heterocycles. The van der Waals surface area contributed by atoms with E-state index in [-0.39, 0.29) is 35.8 Å². The number of carbonyl (C=O) groups is 4. The van der Waals surface area contributed by atoms with Crippen LogP contribution in [0, 0.1) is 0 Å². The van der Waals surface area contributed by atoms with Gasteiger partial charge in [0.25, 0.3) is 0 Å². The number of carbonyl (C=O) groups excluding carboxylic acids is 4. The largest absolute Gasteiger partial charge is 0.508 e. The first kappa shape index (κ1) is 34.6. The number of hydrogen-bond acceptors (Lipinski definition) is 9. The van der Waals surface area contributed by atoms with Gasteiger partial charge in [-0.15, -0.1) is 0 Å². The molecule has 1 aromatic carbocycles. The van der Waals surface area contributed by atoms with Gasteiger partial charge < -0.3 is 48.3 Å². The summed E-state index contributed by atoms with van der Waals surface area (Å²) in [5.41, 5.74) is 10.9. The van der Waals surface area contributed by atoms with Crippen LogP contribution >= 0.6 is 0 Å². The van der Waals surface area contributed by atoms with E-state index in [1.54, 1.807) is 0 Å². The molecule has 0 heterocycles. The molecule has 40 heavy (non-hydrogen) atoms. The molecule has 0 radical (unpaired) electrons. The summed E-state index contributed by atoms with van der Waals surface area (Å²) < 4.78 is 0. The molecule has 0 aliphatic heterocycles. The van der Waals surface area contributed by atoms with Crippen molar-refractivity contribution >= 4 is 23.6 Å². The van der Waals surface area contributed by atoms with Crippen molar-refractivity contribution < 1.29 is 29.4 Å². The number of rotatable bonds is 23. The number of primary amides is 1. The molecule has 0 aromatic heterocycles. The molecule has 0 aliphatic carbocycles. The molecule has 13 heteroatoms. The van der Waals surface area contributed by atoms with Gasteiger partial charge in [-0.2, -0.15) is 0 Å². The zero-order valence-electron chi connectivity index (χ0n) is 23.3. The van der Waals surface area contributed by atoms with Gasteiger partial charge in [-0.3, -0.25) is 19.2 Å². The van der Waals surface area contributed by atoms with Crippen LogP contribution in [0.25, 0.3) is 0 Å². The highest BCUT2D eigenvalue weighted by atomic mass is 16.3. The summed E-state index contributed by atoms with van der Waals surface area (Å²) in [5.74, 6) is -2.27. The fourth-order valence-corrected chi connectivity index (χ4v) is 3.79. The van der Waals surface area contributed by atoms with Gasteiger partial charge in [0.05, 0.1) is 12.8 Å². The minimum Gasteiger partial charge on any atom is -0.508 e. The van der Waals surface area contributed by atoms with E-state index < -0.39 is 23.8 Å². The zero-order valence-corrected chi connectivity index (χ0v) is 23.3. The van der Waals surface area contributed by atoms with E-state index in [1.807, 2.05) is 0 Å². The van der Waals surface area contributed by atoms with E-state index in [9.17, 15) is 29.4 Å². The number of nitrogens with two attached hydrogens (primary N) is 2. The summed E-state index contributed by atoms with van der Waals surface area (Å²) in [6.45, 7) is 5.03. The Kier molecular flexibility index (Phi) is 18.5. The molecule has 1 aromatic rings. The maximum absolute atomic E-state index is 12.5. The standard InChI is InChI=1S/C27H47N7O6/c28-10-6-13-30-11-4-5-12-31-16-9-25(38)32-14-2-1-3-15-33-27(40)22(19-24(29)37)34-26(39)17-20-7-8-21(35)18-23(20)36/h7-8,18,22,30-31,35-36H,1-6,9-17,19,28H2,(H2,29,37)(H,32,38)(H,33,40)(H,34,39). The number of phenolic OH excluding ortho intramolecular Hbond substituents is 2. The highest BCUT2D eigenvalue weighted by molar-refractivity contribution is 5.92. The average Bonchev–Trinajstić information content (AvgIpc) is 2.90. The van der Waals surface area contributed by atoms with Crippen LogP contribution in [-0.2, 0) is 25.6 Å². The first-order valence-electron chi connectivity index (χ1n) is 14.0. The first-order chi connectivity index (χ1) is 19.2. The van der Waals surface area contributed by atoms with Crippen LogP contribution in [0.2, 0.25) is 0 Å². The fraction of sp³-hybridized carbons (Fsp3) is 0.630.